The zero-order valence-electron chi connectivity index (χ0n) is 10.4. The summed E-state index contributed by atoms with van der Waals surface area (Å²) in [6, 6.07) is 8.60. The molecule has 0 bridgehead atoms. The van der Waals surface area contributed by atoms with Crippen molar-refractivity contribution in [3.63, 3.8) is 0 Å². The Morgan fingerprint density at radius 1 is 1.24 bits per heavy atom. The number of imidazole rings is 1. The Hall–Kier alpha value is -1.77. The van der Waals surface area contributed by atoms with Crippen LogP contribution in [0.15, 0.2) is 43.0 Å². The molecule has 0 fully saturated rings. The Morgan fingerprint density at radius 3 is 2.59 bits per heavy atom. The van der Waals surface area contributed by atoms with Crippen LogP contribution in [0, 0.1) is 6.42 Å². The van der Waals surface area contributed by atoms with Gasteiger partial charge in [-0.3, -0.25) is 0 Å². The summed E-state index contributed by atoms with van der Waals surface area (Å²) in [5, 5.41) is 0. The summed E-state index contributed by atoms with van der Waals surface area (Å²) in [6.45, 7) is 0.982. The van der Waals surface area contributed by atoms with Gasteiger partial charge in [-0.25, -0.2) is 4.98 Å². The molecule has 0 amide bonds. The maximum absolute atomic E-state index is 4.02. The third-order valence-electron chi connectivity index (χ3n) is 2.74. The molecule has 0 saturated heterocycles. The molecule has 0 aliphatic carbocycles. The van der Waals surface area contributed by atoms with E-state index in [0.717, 1.165) is 13.0 Å². The maximum atomic E-state index is 4.02. The third-order valence-corrected chi connectivity index (χ3v) is 2.74. The first kappa shape index (κ1) is 11.7. The predicted octanol–water partition coefficient (Wildman–Crippen LogP) is 2.59. The van der Waals surface area contributed by atoms with Crippen molar-refractivity contribution < 1.29 is 0 Å². The monoisotopic (exact) mass is 228 g/mol. The largest absolute Gasteiger partial charge is 0.378 e. The van der Waals surface area contributed by atoms with Gasteiger partial charge in [0.05, 0.1) is 6.33 Å². The number of hydrogen-bond donors (Lipinski definition) is 0. The fraction of sp³-hybridized carbons (Fsp3) is 0.286. The van der Waals surface area contributed by atoms with Crippen molar-refractivity contribution in [3.05, 3.63) is 55.0 Å². The fourth-order valence-corrected chi connectivity index (χ4v) is 1.71. The molecule has 2 aromatic rings. The first-order chi connectivity index (χ1) is 8.25. The Kier molecular flexibility index (Phi) is 3.81. The number of hydrogen-bond acceptors (Lipinski definition) is 2. The molecule has 0 N–H and O–H groups in total. The normalized spacial score (nSPS) is 10.5. The third kappa shape index (κ3) is 3.34. The van der Waals surface area contributed by atoms with Crippen molar-refractivity contribution in [2.75, 3.05) is 19.0 Å². The highest BCUT2D eigenvalue weighted by molar-refractivity contribution is 5.47. The van der Waals surface area contributed by atoms with Crippen LogP contribution >= 0.6 is 0 Å². The molecule has 17 heavy (non-hydrogen) atoms. The van der Waals surface area contributed by atoms with Crippen molar-refractivity contribution in [1.82, 2.24) is 9.55 Å². The van der Waals surface area contributed by atoms with Gasteiger partial charge in [0.1, 0.15) is 0 Å². The van der Waals surface area contributed by atoms with Crippen LogP contribution in [-0.4, -0.2) is 23.6 Å². The average Bonchev–Trinajstić information content (AvgIpc) is 2.83. The van der Waals surface area contributed by atoms with Gasteiger partial charge in [0.15, 0.2) is 0 Å². The van der Waals surface area contributed by atoms with Crippen LogP contribution in [0.5, 0.6) is 0 Å². The summed E-state index contributed by atoms with van der Waals surface area (Å²) in [6.07, 6.45) is 8.93. The van der Waals surface area contributed by atoms with Crippen LogP contribution in [0.2, 0.25) is 0 Å². The SMILES string of the molecule is CN(C)c1ccc([CH]CCn2ccnc2)cc1. The number of benzene rings is 1. The standard InChI is InChI=1S/C14H18N3/c1-16(2)14-7-5-13(6-8-14)4-3-10-17-11-9-15-12-17/h4-9,11-12H,3,10H2,1-2H3. The zero-order chi connectivity index (χ0) is 12.1. The maximum Gasteiger partial charge on any atom is 0.0945 e. The van der Waals surface area contributed by atoms with Gasteiger partial charge in [-0.1, -0.05) is 12.1 Å². The lowest BCUT2D eigenvalue weighted by Gasteiger charge is -2.12. The van der Waals surface area contributed by atoms with E-state index in [9.17, 15) is 0 Å². The van der Waals surface area contributed by atoms with Gasteiger partial charge in [-0.2, -0.15) is 0 Å². The molecule has 0 atom stereocenters. The summed E-state index contributed by atoms with van der Waals surface area (Å²) in [5.41, 5.74) is 2.51. The van der Waals surface area contributed by atoms with Gasteiger partial charge in [0.25, 0.3) is 0 Å². The first-order valence-electron chi connectivity index (χ1n) is 5.82. The number of aromatic nitrogens is 2. The molecule has 2 rings (SSSR count). The Bertz CT molecular complexity index is 429. The molecule has 0 spiro atoms. The minimum absolute atomic E-state index is 0.982. The average molecular weight is 228 g/mol. The Balaban J connectivity index is 1.83. The lowest BCUT2D eigenvalue weighted by molar-refractivity contribution is 0.693. The van der Waals surface area contributed by atoms with Gasteiger partial charge >= 0.3 is 0 Å². The highest BCUT2D eigenvalue weighted by atomic mass is 15.1. The van der Waals surface area contributed by atoms with E-state index < -0.39 is 0 Å². The highest BCUT2D eigenvalue weighted by Crippen LogP contribution is 2.14. The second-order valence-corrected chi connectivity index (χ2v) is 4.28. The summed E-state index contributed by atoms with van der Waals surface area (Å²) >= 11 is 0. The molecule has 1 aromatic carbocycles. The molecule has 3 heteroatoms. The minimum atomic E-state index is 0.982. The van der Waals surface area contributed by atoms with Crippen molar-refractivity contribution in [2.45, 2.75) is 13.0 Å². The number of aryl methyl sites for hydroxylation is 1. The van der Waals surface area contributed by atoms with Crippen molar-refractivity contribution >= 4 is 5.69 Å². The molecule has 0 unspecified atom stereocenters. The second kappa shape index (κ2) is 5.53. The van der Waals surface area contributed by atoms with Gasteiger partial charge in [0, 0.05) is 38.7 Å². The molecule has 1 radical (unpaired) electrons. The molecule has 0 saturated carbocycles. The lowest BCUT2D eigenvalue weighted by Crippen LogP contribution is -2.08. The predicted molar refractivity (Wildman–Crippen MR) is 71.0 cm³/mol. The summed E-state index contributed by atoms with van der Waals surface area (Å²) in [4.78, 5) is 6.13. The highest BCUT2D eigenvalue weighted by Gasteiger charge is 1.97. The summed E-state index contributed by atoms with van der Waals surface area (Å²) in [7, 11) is 4.11. The second-order valence-electron chi connectivity index (χ2n) is 4.28. The zero-order valence-corrected chi connectivity index (χ0v) is 10.4. The summed E-state index contributed by atoms with van der Waals surface area (Å²) < 4.78 is 2.09. The minimum Gasteiger partial charge on any atom is -0.378 e. The number of nitrogens with zero attached hydrogens (tertiary/aromatic N) is 3. The fourth-order valence-electron chi connectivity index (χ4n) is 1.71. The molecule has 0 aliphatic rings. The van der Waals surface area contributed by atoms with Gasteiger partial charge in [0.2, 0.25) is 0 Å². The Morgan fingerprint density at radius 2 is 2.00 bits per heavy atom. The van der Waals surface area contributed by atoms with Crippen LogP contribution in [0.3, 0.4) is 0 Å². The smallest absolute Gasteiger partial charge is 0.0945 e. The van der Waals surface area contributed by atoms with E-state index in [1.54, 1.807) is 0 Å². The van der Waals surface area contributed by atoms with Crippen LogP contribution in [0.4, 0.5) is 5.69 Å². The number of rotatable bonds is 5. The van der Waals surface area contributed by atoms with Crippen molar-refractivity contribution in [2.24, 2.45) is 0 Å². The van der Waals surface area contributed by atoms with E-state index in [1.807, 2.05) is 18.7 Å². The lowest BCUT2D eigenvalue weighted by atomic mass is 10.1. The molecular weight excluding hydrogens is 210 g/mol. The van der Waals surface area contributed by atoms with Gasteiger partial charge in [-0.05, 0) is 30.5 Å². The van der Waals surface area contributed by atoms with Gasteiger partial charge < -0.3 is 9.47 Å². The molecule has 3 nitrogen and oxygen atoms in total. The quantitative estimate of drug-likeness (QED) is 0.784. The van der Waals surface area contributed by atoms with Crippen LogP contribution < -0.4 is 4.90 Å². The van der Waals surface area contributed by atoms with E-state index in [1.165, 1.54) is 11.3 Å². The van der Waals surface area contributed by atoms with Crippen LogP contribution in [0.25, 0.3) is 0 Å². The first-order valence-corrected chi connectivity index (χ1v) is 5.82. The number of anilines is 1. The summed E-state index contributed by atoms with van der Waals surface area (Å²) in [5.74, 6) is 0. The van der Waals surface area contributed by atoms with E-state index in [-0.39, 0.29) is 0 Å². The van der Waals surface area contributed by atoms with E-state index in [4.69, 9.17) is 0 Å². The molecule has 0 aliphatic heterocycles. The van der Waals surface area contributed by atoms with E-state index in [0.29, 0.717) is 0 Å². The van der Waals surface area contributed by atoms with E-state index in [2.05, 4.69) is 59.2 Å². The topological polar surface area (TPSA) is 21.1 Å². The van der Waals surface area contributed by atoms with E-state index >= 15 is 0 Å². The Labute approximate surface area is 103 Å². The molecule has 1 heterocycles. The molecule has 1 aromatic heterocycles. The van der Waals surface area contributed by atoms with Crippen molar-refractivity contribution in [1.29, 1.82) is 0 Å². The van der Waals surface area contributed by atoms with Crippen molar-refractivity contribution in [3.8, 4) is 0 Å². The molecule has 89 valence electrons. The molecular formula is C14H18N3. The van der Waals surface area contributed by atoms with Gasteiger partial charge in [-0.15, -0.1) is 0 Å². The van der Waals surface area contributed by atoms with Crippen LogP contribution in [0.1, 0.15) is 12.0 Å². The van der Waals surface area contributed by atoms with Crippen LogP contribution in [-0.2, 0) is 6.54 Å².